The van der Waals surface area contributed by atoms with Gasteiger partial charge in [0.15, 0.2) is 0 Å². The number of carbonyl (C=O) groups is 1. The van der Waals surface area contributed by atoms with Crippen molar-refractivity contribution in [2.75, 3.05) is 5.32 Å². The molecule has 1 aromatic heterocycles. The standard InChI is InChI=1S/C15H14Cl2N2O/c1-2-3-10-4-6-12(7-5-10)18-15(20)11-8-13(16)19-14(17)9-11/h4-9H,2-3H2,1H3,(H,18,20). The number of hydrogen-bond acceptors (Lipinski definition) is 2. The number of carbonyl (C=O) groups excluding carboxylic acids is 1. The fourth-order valence-electron chi connectivity index (χ4n) is 1.84. The fraction of sp³-hybridized carbons (Fsp3) is 0.200. The molecular formula is C15H14Cl2N2O. The molecule has 0 fully saturated rings. The van der Waals surface area contributed by atoms with Crippen molar-refractivity contribution in [3.05, 3.63) is 57.8 Å². The van der Waals surface area contributed by atoms with Gasteiger partial charge in [-0.3, -0.25) is 4.79 Å². The zero-order valence-corrected chi connectivity index (χ0v) is 12.5. The Morgan fingerprint density at radius 2 is 1.75 bits per heavy atom. The number of halogens is 2. The number of hydrogen-bond donors (Lipinski definition) is 1. The molecule has 1 N–H and O–H groups in total. The molecule has 0 saturated carbocycles. The van der Waals surface area contributed by atoms with Gasteiger partial charge in [-0.15, -0.1) is 0 Å². The summed E-state index contributed by atoms with van der Waals surface area (Å²) in [5.41, 5.74) is 2.37. The molecule has 0 radical (unpaired) electrons. The third-order valence-corrected chi connectivity index (χ3v) is 3.16. The molecule has 1 aromatic carbocycles. The zero-order chi connectivity index (χ0) is 14.5. The maximum absolute atomic E-state index is 12.1. The van der Waals surface area contributed by atoms with E-state index in [1.807, 2.05) is 24.3 Å². The van der Waals surface area contributed by atoms with E-state index in [1.54, 1.807) is 0 Å². The normalized spacial score (nSPS) is 10.3. The van der Waals surface area contributed by atoms with Crippen LogP contribution in [0.1, 0.15) is 29.3 Å². The van der Waals surface area contributed by atoms with E-state index in [9.17, 15) is 4.79 Å². The molecule has 0 bridgehead atoms. The van der Waals surface area contributed by atoms with Crippen LogP contribution in [0.2, 0.25) is 10.3 Å². The van der Waals surface area contributed by atoms with Gasteiger partial charge < -0.3 is 5.32 Å². The van der Waals surface area contributed by atoms with E-state index in [-0.39, 0.29) is 16.2 Å². The summed E-state index contributed by atoms with van der Waals surface area (Å²) in [5.74, 6) is -0.264. The number of pyridine rings is 1. The molecule has 1 amide bonds. The maximum Gasteiger partial charge on any atom is 0.255 e. The number of amides is 1. The predicted molar refractivity (Wildman–Crippen MR) is 82.6 cm³/mol. The summed E-state index contributed by atoms with van der Waals surface area (Å²) in [6.45, 7) is 2.13. The lowest BCUT2D eigenvalue weighted by Gasteiger charge is -2.07. The Balaban J connectivity index is 2.10. The van der Waals surface area contributed by atoms with Crippen molar-refractivity contribution in [2.24, 2.45) is 0 Å². The summed E-state index contributed by atoms with van der Waals surface area (Å²) in [6, 6.07) is 10.7. The van der Waals surface area contributed by atoms with Crippen LogP contribution in [-0.2, 0) is 6.42 Å². The number of aryl methyl sites for hydroxylation is 1. The number of nitrogens with one attached hydrogen (secondary N) is 1. The first kappa shape index (κ1) is 14.8. The Morgan fingerprint density at radius 1 is 1.15 bits per heavy atom. The number of benzene rings is 1. The monoisotopic (exact) mass is 308 g/mol. The number of aromatic nitrogens is 1. The summed E-state index contributed by atoms with van der Waals surface area (Å²) in [7, 11) is 0. The maximum atomic E-state index is 12.1. The molecule has 0 aliphatic heterocycles. The lowest BCUT2D eigenvalue weighted by Crippen LogP contribution is -2.12. The molecule has 2 rings (SSSR count). The molecule has 0 aliphatic carbocycles. The van der Waals surface area contributed by atoms with Crippen LogP contribution < -0.4 is 5.32 Å². The molecule has 0 aliphatic rings. The van der Waals surface area contributed by atoms with Crippen LogP contribution in [0.25, 0.3) is 0 Å². The molecule has 1 heterocycles. The van der Waals surface area contributed by atoms with Crippen LogP contribution >= 0.6 is 23.2 Å². The summed E-state index contributed by atoms with van der Waals surface area (Å²) < 4.78 is 0. The second kappa shape index (κ2) is 6.73. The molecule has 0 saturated heterocycles. The first-order valence-electron chi connectivity index (χ1n) is 6.32. The molecule has 3 nitrogen and oxygen atoms in total. The van der Waals surface area contributed by atoms with Crippen LogP contribution in [-0.4, -0.2) is 10.9 Å². The summed E-state index contributed by atoms with van der Waals surface area (Å²) in [4.78, 5) is 15.9. The lowest BCUT2D eigenvalue weighted by molar-refractivity contribution is 0.102. The van der Waals surface area contributed by atoms with Crippen molar-refractivity contribution in [3.8, 4) is 0 Å². The molecule has 0 atom stereocenters. The van der Waals surface area contributed by atoms with Gasteiger partial charge in [-0.1, -0.05) is 48.7 Å². The molecule has 104 valence electrons. The highest BCUT2D eigenvalue weighted by Gasteiger charge is 2.09. The van der Waals surface area contributed by atoms with Crippen molar-refractivity contribution in [2.45, 2.75) is 19.8 Å². The zero-order valence-electron chi connectivity index (χ0n) is 11.0. The molecule has 5 heteroatoms. The van der Waals surface area contributed by atoms with Gasteiger partial charge in [0.1, 0.15) is 10.3 Å². The number of rotatable bonds is 4. The molecule has 0 spiro atoms. The van der Waals surface area contributed by atoms with Crippen molar-refractivity contribution in [1.29, 1.82) is 0 Å². The highest BCUT2D eigenvalue weighted by Crippen LogP contribution is 2.17. The average molecular weight is 309 g/mol. The number of anilines is 1. The third kappa shape index (κ3) is 3.95. The number of nitrogens with zero attached hydrogens (tertiary/aromatic N) is 1. The second-order valence-electron chi connectivity index (χ2n) is 4.40. The van der Waals surface area contributed by atoms with Crippen LogP contribution in [0, 0.1) is 0 Å². The third-order valence-electron chi connectivity index (χ3n) is 2.78. The van der Waals surface area contributed by atoms with Gasteiger partial charge in [-0.25, -0.2) is 4.98 Å². The average Bonchev–Trinajstić information content (AvgIpc) is 2.40. The van der Waals surface area contributed by atoms with Crippen molar-refractivity contribution in [3.63, 3.8) is 0 Å². The Labute approximate surface area is 127 Å². The van der Waals surface area contributed by atoms with Crippen LogP contribution in [0.4, 0.5) is 5.69 Å². The predicted octanol–water partition coefficient (Wildman–Crippen LogP) is 4.59. The minimum atomic E-state index is -0.264. The van der Waals surface area contributed by atoms with E-state index >= 15 is 0 Å². The van der Waals surface area contributed by atoms with Gasteiger partial charge in [0.05, 0.1) is 0 Å². The van der Waals surface area contributed by atoms with E-state index in [4.69, 9.17) is 23.2 Å². The van der Waals surface area contributed by atoms with Gasteiger partial charge >= 0.3 is 0 Å². The van der Waals surface area contributed by atoms with E-state index in [1.165, 1.54) is 17.7 Å². The van der Waals surface area contributed by atoms with E-state index in [0.717, 1.165) is 18.5 Å². The van der Waals surface area contributed by atoms with E-state index in [2.05, 4.69) is 17.2 Å². The highest BCUT2D eigenvalue weighted by molar-refractivity contribution is 6.33. The first-order chi connectivity index (χ1) is 9.58. The van der Waals surface area contributed by atoms with Crippen molar-refractivity contribution in [1.82, 2.24) is 4.98 Å². The molecular weight excluding hydrogens is 295 g/mol. The summed E-state index contributed by atoms with van der Waals surface area (Å²) >= 11 is 11.6. The smallest absolute Gasteiger partial charge is 0.255 e. The Morgan fingerprint density at radius 3 is 2.30 bits per heavy atom. The minimum Gasteiger partial charge on any atom is -0.322 e. The SMILES string of the molecule is CCCc1ccc(NC(=O)c2cc(Cl)nc(Cl)c2)cc1. The second-order valence-corrected chi connectivity index (χ2v) is 5.18. The quantitative estimate of drug-likeness (QED) is 0.839. The molecule has 0 unspecified atom stereocenters. The van der Waals surface area contributed by atoms with Crippen molar-refractivity contribution >= 4 is 34.8 Å². The molecule has 20 heavy (non-hydrogen) atoms. The largest absolute Gasteiger partial charge is 0.322 e. The van der Waals surface area contributed by atoms with Crippen LogP contribution in [0.5, 0.6) is 0 Å². The Hall–Kier alpha value is -1.58. The van der Waals surface area contributed by atoms with Crippen LogP contribution in [0.15, 0.2) is 36.4 Å². The lowest BCUT2D eigenvalue weighted by atomic mass is 10.1. The van der Waals surface area contributed by atoms with E-state index < -0.39 is 0 Å². The van der Waals surface area contributed by atoms with Gasteiger partial charge in [0.25, 0.3) is 5.91 Å². The molecule has 2 aromatic rings. The van der Waals surface area contributed by atoms with Gasteiger partial charge in [0, 0.05) is 11.3 Å². The van der Waals surface area contributed by atoms with Crippen LogP contribution in [0.3, 0.4) is 0 Å². The Kier molecular flexibility index (Phi) is 4.99. The first-order valence-corrected chi connectivity index (χ1v) is 7.07. The topological polar surface area (TPSA) is 42.0 Å². The fourth-order valence-corrected chi connectivity index (χ4v) is 2.30. The van der Waals surface area contributed by atoms with E-state index in [0.29, 0.717) is 5.56 Å². The highest BCUT2D eigenvalue weighted by atomic mass is 35.5. The Bertz CT molecular complexity index is 592. The van der Waals surface area contributed by atoms with Gasteiger partial charge in [-0.05, 0) is 36.2 Å². The summed E-state index contributed by atoms with van der Waals surface area (Å²) in [6.07, 6.45) is 2.13. The minimum absolute atomic E-state index is 0.195. The van der Waals surface area contributed by atoms with Gasteiger partial charge in [0.2, 0.25) is 0 Å². The van der Waals surface area contributed by atoms with Crippen molar-refractivity contribution < 1.29 is 4.79 Å². The summed E-state index contributed by atoms with van der Waals surface area (Å²) in [5, 5.41) is 3.19. The van der Waals surface area contributed by atoms with Gasteiger partial charge in [-0.2, -0.15) is 0 Å².